The summed E-state index contributed by atoms with van der Waals surface area (Å²) in [6.07, 6.45) is 0.299. The van der Waals surface area contributed by atoms with Gasteiger partial charge in [0.1, 0.15) is 6.04 Å². The number of fused-ring (bicyclic) bond motifs is 1. The molecule has 1 aliphatic heterocycles. The summed E-state index contributed by atoms with van der Waals surface area (Å²) >= 11 is 0. The molecule has 1 atom stereocenters. The summed E-state index contributed by atoms with van der Waals surface area (Å²) in [6.45, 7) is 7.39. The number of nitrogens with zero attached hydrogens (tertiary/aromatic N) is 1. The number of carbonyl (C=O) groups excluding carboxylic acids is 1. The zero-order valence-electron chi connectivity index (χ0n) is 14.8. The highest BCUT2D eigenvalue weighted by atomic mass is 32.2. The number of nitrogens with two attached hydrogens (primary N) is 1. The van der Waals surface area contributed by atoms with Crippen LogP contribution >= 0.6 is 0 Å². The molecule has 0 saturated heterocycles. The third kappa shape index (κ3) is 2.61. The minimum atomic E-state index is -3.92. The van der Waals surface area contributed by atoms with Crippen molar-refractivity contribution in [2.75, 3.05) is 4.31 Å². The van der Waals surface area contributed by atoms with Gasteiger partial charge in [0.15, 0.2) is 0 Å². The molecule has 0 unspecified atom stereocenters. The van der Waals surface area contributed by atoms with Gasteiger partial charge in [0.25, 0.3) is 10.0 Å². The van der Waals surface area contributed by atoms with E-state index in [9.17, 15) is 13.2 Å². The van der Waals surface area contributed by atoms with Gasteiger partial charge in [-0.05, 0) is 61.6 Å². The number of sulfonamides is 1. The smallest absolute Gasteiger partial charge is 0.265 e. The second-order valence-electron chi connectivity index (χ2n) is 6.64. The van der Waals surface area contributed by atoms with Crippen molar-refractivity contribution < 1.29 is 13.2 Å². The first kappa shape index (κ1) is 17.5. The number of hydrogen-bond acceptors (Lipinski definition) is 3. The Morgan fingerprint density at radius 1 is 1.08 bits per heavy atom. The highest BCUT2D eigenvalue weighted by Gasteiger charge is 2.42. The summed E-state index contributed by atoms with van der Waals surface area (Å²) in [7, 11) is -3.92. The first-order valence-electron chi connectivity index (χ1n) is 8.15. The van der Waals surface area contributed by atoms with E-state index < -0.39 is 22.0 Å². The van der Waals surface area contributed by atoms with Crippen molar-refractivity contribution in [3.8, 4) is 0 Å². The number of aryl methyl sites for hydroxylation is 2. The van der Waals surface area contributed by atoms with E-state index in [4.69, 9.17) is 5.73 Å². The molecular formula is C19H22N2O3S. The number of hydrogen-bond donors (Lipinski definition) is 1. The van der Waals surface area contributed by atoms with Crippen molar-refractivity contribution >= 4 is 21.6 Å². The molecule has 0 aromatic heterocycles. The Hall–Kier alpha value is -2.34. The Labute approximate surface area is 148 Å². The van der Waals surface area contributed by atoms with E-state index in [1.54, 1.807) is 26.0 Å². The lowest BCUT2D eigenvalue weighted by Gasteiger charge is -2.27. The molecule has 1 aliphatic rings. The van der Waals surface area contributed by atoms with Crippen LogP contribution in [-0.4, -0.2) is 20.4 Å². The number of primary amides is 1. The summed E-state index contributed by atoms with van der Waals surface area (Å²) in [6, 6.07) is 8.24. The van der Waals surface area contributed by atoms with E-state index in [1.165, 1.54) is 4.31 Å². The van der Waals surface area contributed by atoms with Crippen molar-refractivity contribution in [2.45, 2.75) is 45.1 Å². The highest BCUT2D eigenvalue weighted by molar-refractivity contribution is 7.93. The second-order valence-corrected chi connectivity index (χ2v) is 8.39. The Balaban J connectivity index is 2.29. The quantitative estimate of drug-likeness (QED) is 0.915. The van der Waals surface area contributed by atoms with Crippen LogP contribution in [0.4, 0.5) is 5.69 Å². The summed E-state index contributed by atoms with van der Waals surface area (Å²) in [5.74, 6) is -0.639. The molecule has 1 heterocycles. The Morgan fingerprint density at radius 3 is 2.20 bits per heavy atom. The summed E-state index contributed by atoms with van der Waals surface area (Å²) in [5.41, 5.74) is 10.1. The molecule has 0 saturated carbocycles. The number of benzene rings is 2. The van der Waals surface area contributed by atoms with Crippen molar-refractivity contribution in [3.05, 3.63) is 58.1 Å². The van der Waals surface area contributed by atoms with E-state index >= 15 is 0 Å². The lowest BCUT2D eigenvalue weighted by Crippen LogP contribution is -2.46. The Morgan fingerprint density at radius 2 is 1.64 bits per heavy atom. The van der Waals surface area contributed by atoms with Gasteiger partial charge in [0.2, 0.25) is 5.91 Å². The maximum atomic E-state index is 13.6. The molecule has 0 aliphatic carbocycles. The fraction of sp³-hybridized carbons (Fsp3) is 0.316. The molecule has 3 rings (SSSR count). The standard InChI is InChI=1S/C19H22N2O3S/c1-11-9-12(2)14(4)18(13(11)3)25(23,24)21-16-8-6-5-7-15(16)10-17(21)19(20)22/h5-9,17H,10H2,1-4H3,(H2,20,22)/t17-/m0/s1. The molecule has 0 radical (unpaired) electrons. The molecule has 132 valence electrons. The largest absolute Gasteiger partial charge is 0.368 e. The van der Waals surface area contributed by atoms with Crippen LogP contribution in [0.5, 0.6) is 0 Å². The van der Waals surface area contributed by atoms with E-state index in [2.05, 4.69) is 0 Å². The molecule has 0 bridgehead atoms. The normalized spacial score (nSPS) is 16.8. The van der Waals surface area contributed by atoms with Gasteiger partial charge in [-0.15, -0.1) is 0 Å². The van der Waals surface area contributed by atoms with Gasteiger partial charge in [0.05, 0.1) is 10.6 Å². The average Bonchev–Trinajstić information content (AvgIpc) is 2.93. The van der Waals surface area contributed by atoms with E-state index in [-0.39, 0.29) is 4.90 Å². The molecule has 0 spiro atoms. The van der Waals surface area contributed by atoms with Crippen LogP contribution < -0.4 is 10.0 Å². The zero-order chi connectivity index (χ0) is 18.5. The first-order valence-corrected chi connectivity index (χ1v) is 9.59. The molecule has 6 heteroatoms. The number of para-hydroxylation sites is 1. The SMILES string of the molecule is Cc1cc(C)c(C)c(S(=O)(=O)N2c3ccccc3C[C@H]2C(N)=O)c1C. The van der Waals surface area contributed by atoms with Crippen LogP contribution in [0.25, 0.3) is 0 Å². The van der Waals surface area contributed by atoms with Crippen LogP contribution in [0.2, 0.25) is 0 Å². The number of carbonyl (C=O) groups is 1. The lowest BCUT2D eigenvalue weighted by molar-refractivity contribution is -0.118. The molecule has 2 aromatic carbocycles. The zero-order valence-corrected chi connectivity index (χ0v) is 15.6. The number of rotatable bonds is 3. The monoisotopic (exact) mass is 358 g/mol. The van der Waals surface area contributed by atoms with Crippen LogP contribution in [0.1, 0.15) is 27.8 Å². The minimum absolute atomic E-state index is 0.271. The van der Waals surface area contributed by atoms with E-state index in [1.807, 2.05) is 32.0 Å². The molecule has 25 heavy (non-hydrogen) atoms. The topological polar surface area (TPSA) is 80.5 Å². The van der Waals surface area contributed by atoms with Gasteiger partial charge >= 0.3 is 0 Å². The van der Waals surface area contributed by atoms with E-state index in [0.717, 1.165) is 16.7 Å². The van der Waals surface area contributed by atoms with Crippen LogP contribution in [-0.2, 0) is 21.2 Å². The Kier molecular flexibility index (Phi) is 4.11. The predicted molar refractivity (Wildman–Crippen MR) is 98.2 cm³/mol. The van der Waals surface area contributed by atoms with Crippen LogP contribution in [0.15, 0.2) is 35.2 Å². The van der Waals surface area contributed by atoms with Gasteiger partial charge in [-0.25, -0.2) is 8.42 Å². The molecular weight excluding hydrogens is 336 g/mol. The van der Waals surface area contributed by atoms with Gasteiger partial charge in [-0.1, -0.05) is 24.3 Å². The van der Waals surface area contributed by atoms with Crippen LogP contribution in [0.3, 0.4) is 0 Å². The maximum Gasteiger partial charge on any atom is 0.265 e. The number of amides is 1. The second kappa shape index (κ2) is 5.88. The third-order valence-corrected chi connectivity index (χ3v) is 7.17. The first-order chi connectivity index (χ1) is 11.7. The summed E-state index contributed by atoms with van der Waals surface area (Å²) in [4.78, 5) is 12.2. The third-order valence-electron chi connectivity index (χ3n) is 5.07. The van der Waals surface area contributed by atoms with Crippen molar-refractivity contribution in [2.24, 2.45) is 5.73 Å². The number of anilines is 1. The molecule has 2 aromatic rings. The lowest BCUT2D eigenvalue weighted by atomic mass is 10.0. The molecule has 2 N–H and O–H groups in total. The highest BCUT2D eigenvalue weighted by Crippen LogP contribution is 2.39. The van der Waals surface area contributed by atoms with Gasteiger partial charge in [-0.3, -0.25) is 9.10 Å². The van der Waals surface area contributed by atoms with Gasteiger partial charge < -0.3 is 5.73 Å². The van der Waals surface area contributed by atoms with Crippen molar-refractivity contribution in [1.29, 1.82) is 0 Å². The van der Waals surface area contributed by atoms with Crippen LogP contribution in [0, 0.1) is 27.7 Å². The summed E-state index contributed by atoms with van der Waals surface area (Å²) < 4.78 is 28.4. The van der Waals surface area contributed by atoms with Crippen molar-refractivity contribution in [3.63, 3.8) is 0 Å². The Bertz CT molecular complexity index is 954. The summed E-state index contributed by atoms with van der Waals surface area (Å²) in [5, 5.41) is 0. The van der Waals surface area contributed by atoms with Gasteiger partial charge in [-0.2, -0.15) is 0 Å². The maximum absolute atomic E-state index is 13.6. The molecule has 5 nitrogen and oxygen atoms in total. The molecule has 0 fully saturated rings. The van der Waals surface area contributed by atoms with Crippen molar-refractivity contribution in [1.82, 2.24) is 0 Å². The van der Waals surface area contributed by atoms with Gasteiger partial charge in [0, 0.05) is 6.42 Å². The fourth-order valence-electron chi connectivity index (χ4n) is 3.54. The molecule has 1 amide bonds. The average molecular weight is 358 g/mol. The predicted octanol–water partition coefficient (Wildman–Crippen LogP) is 2.53. The van der Waals surface area contributed by atoms with E-state index in [0.29, 0.717) is 23.2 Å². The minimum Gasteiger partial charge on any atom is -0.368 e. The fourth-order valence-corrected chi connectivity index (χ4v) is 5.78.